The van der Waals surface area contributed by atoms with Crippen LogP contribution in [0.3, 0.4) is 0 Å². The van der Waals surface area contributed by atoms with Crippen molar-refractivity contribution in [2.45, 2.75) is 5.16 Å². The number of carbonyl (C=O) groups is 1. The van der Waals surface area contributed by atoms with Crippen LogP contribution in [0.25, 0.3) is 0 Å². The third kappa shape index (κ3) is 2.83. The molecule has 0 bridgehead atoms. The van der Waals surface area contributed by atoms with E-state index in [1.54, 1.807) is 12.4 Å². The number of hydrogen-bond acceptors (Lipinski definition) is 5. The lowest BCUT2D eigenvalue weighted by atomic mass is 10.7. The molecule has 2 heterocycles. The van der Waals surface area contributed by atoms with Gasteiger partial charge < -0.3 is 9.88 Å². The number of aromatic nitrogens is 3. The van der Waals surface area contributed by atoms with Gasteiger partial charge in [0.1, 0.15) is 0 Å². The molecule has 0 aliphatic heterocycles. The number of aryl methyl sites for hydroxylation is 1. The smallest absolute Gasteiger partial charge is 0.236 e. The van der Waals surface area contributed by atoms with Crippen molar-refractivity contribution >= 4 is 34.1 Å². The molecule has 7 heteroatoms. The number of hydrogen-bond donors (Lipinski definition) is 1. The van der Waals surface area contributed by atoms with Crippen LogP contribution < -0.4 is 5.32 Å². The average molecular weight is 254 g/mol. The molecule has 0 unspecified atom stereocenters. The maximum Gasteiger partial charge on any atom is 0.236 e. The summed E-state index contributed by atoms with van der Waals surface area (Å²) in [5, 5.41) is 5.99. The molecule has 0 aliphatic rings. The van der Waals surface area contributed by atoms with E-state index in [-0.39, 0.29) is 5.91 Å². The summed E-state index contributed by atoms with van der Waals surface area (Å²) in [6, 6.07) is 0. The summed E-state index contributed by atoms with van der Waals surface area (Å²) < 4.78 is 1.88. The summed E-state index contributed by atoms with van der Waals surface area (Å²) in [4.78, 5) is 19.6. The predicted molar refractivity (Wildman–Crippen MR) is 64.7 cm³/mol. The van der Waals surface area contributed by atoms with Crippen molar-refractivity contribution in [3.63, 3.8) is 0 Å². The maximum absolute atomic E-state index is 11.5. The Hall–Kier alpha value is -1.34. The van der Waals surface area contributed by atoms with Gasteiger partial charge in [0.05, 0.1) is 5.75 Å². The zero-order valence-corrected chi connectivity index (χ0v) is 10.2. The Bertz CT molecular complexity index is 466. The molecule has 0 fully saturated rings. The Kier molecular flexibility index (Phi) is 3.58. The first kappa shape index (κ1) is 11.2. The number of imidazole rings is 1. The zero-order valence-electron chi connectivity index (χ0n) is 8.58. The number of thiazole rings is 1. The van der Waals surface area contributed by atoms with Crippen LogP contribution in [0.1, 0.15) is 0 Å². The van der Waals surface area contributed by atoms with Gasteiger partial charge in [-0.2, -0.15) is 0 Å². The molecule has 0 aliphatic carbocycles. The van der Waals surface area contributed by atoms with Crippen molar-refractivity contribution in [1.29, 1.82) is 0 Å². The van der Waals surface area contributed by atoms with Crippen LogP contribution in [0.2, 0.25) is 0 Å². The van der Waals surface area contributed by atoms with Crippen molar-refractivity contribution in [3.05, 3.63) is 24.0 Å². The molecule has 0 radical (unpaired) electrons. The van der Waals surface area contributed by atoms with E-state index in [4.69, 9.17) is 0 Å². The van der Waals surface area contributed by atoms with Gasteiger partial charge in [0.15, 0.2) is 10.3 Å². The molecule has 0 atom stereocenters. The van der Waals surface area contributed by atoms with E-state index >= 15 is 0 Å². The first-order chi connectivity index (χ1) is 7.75. The summed E-state index contributed by atoms with van der Waals surface area (Å²) in [6.45, 7) is 0. The van der Waals surface area contributed by atoms with Crippen molar-refractivity contribution < 1.29 is 4.79 Å². The Morgan fingerprint density at radius 1 is 1.56 bits per heavy atom. The van der Waals surface area contributed by atoms with Gasteiger partial charge in [0.2, 0.25) is 5.91 Å². The third-order valence-corrected chi connectivity index (χ3v) is 3.53. The van der Waals surface area contributed by atoms with Gasteiger partial charge in [-0.3, -0.25) is 4.79 Å². The highest BCUT2D eigenvalue weighted by molar-refractivity contribution is 7.99. The van der Waals surface area contributed by atoms with E-state index in [1.807, 2.05) is 23.2 Å². The lowest BCUT2D eigenvalue weighted by molar-refractivity contribution is -0.113. The minimum atomic E-state index is -0.0667. The minimum Gasteiger partial charge on any atom is -0.329 e. The number of rotatable bonds is 4. The van der Waals surface area contributed by atoms with E-state index in [2.05, 4.69) is 15.3 Å². The van der Waals surface area contributed by atoms with Crippen molar-refractivity contribution in [2.75, 3.05) is 11.1 Å². The fraction of sp³-hybridized carbons (Fsp3) is 0.222. The van der Waals surface area contributed by atoms with Gasteiger partial charge in [-0.25, -0.2) is 9.97 Å². The Morgan fingerprint density at radius 3 is 3.06 bits per heavy atom. The van der Waals surface area contributed by atoms with E-state index in [9.17, 15) is 4.79 Å². The molecule has 16 heavy (non-hydrogen) atoms. The van der Waals surface area contributed by atoms with Crippen LogP contribution in [0, 0.1) is 0 Å². The molecular formula is C9H10N4OS2. The van der Waals surface area contributed by atoms with E-state index in [0.717, 1.165) is 5.16 Å². The second kappa shape index (κ2) is 5.13. The molecule has 0 spiro atoms. The molecule has 0 saturated carbocycles. The van der Waals surface area contributed by atoms with Crippen LogP contribution in [-0.2, 0) is 11.8 Å². The lowest BCUT2D eigenvalue weighted by Crippen LogP contribution is -2.14. The fourth-order valence-electron chi connectivity index (χ4n) is 1.06. The monoisotopic (exact) mass is 254 g/mol. The van der Waals surface area contributed by atoms with Crippen LogP contribution >= 0.6 is 23.1 Å². The highest BCUT2D eigenvalue weighted by atomic mass is 32.2. The van der Waals surface area contributed by atoms with Crippen molar-refractivity contribution in [2.24, 2.45) is 7.05 Å². The number of nitrogens with one attached hydrogen (secondary N) is 1. The lowest BCUT2D eigenvalue weighted by Gasteiger charge is -2.01. The molecule has 5 nitrogen and oxygen atoms in total. The molecule has 0 saturated heterocycles. The quantitative estimate of drug-likeness (QED) is 0.842. The summed E-state index contributed by atoms with van der Waals surface area (Å²) in [5.41, 5.74) is 0. The number of anilines is 1. The highest BCUT2D eigenvalue weighted by Crippen LogP contribution is 2.15. The van der Waals surface area contributed by atoms with E-state index < -0.39 is 0 Å². The number of amides is 1. The Labute approximate surface area is 101 Å². The topological polar surface area (TPSA) is 59.8 Å². The van der Waals surface area contributed by atoms with Gasteiger partial charge in [-0.15, -0.1) is 11.3 Å². The van der Waals surface area contributed by atoms with E-state index in [0.29, 0.717) is 10.9 Å². The van der Waals surface area contributed by atoms with Gasteiger partial charge in [0.25, 0.3) is 0 Å². The van der Waals surface area contributed by atoms with Crippen molar-refractivity contribution in [3.8, 4) is 0 Å². The minimum absolute atomic E-state index is 0.0667. The normalized spacial score (nSPS) is 10.3. The molecule has 1 amide bonds. The largest absolute Gasteiger partial charge is 0.329 e. The summed E-state index contributed by atoms with van der Waals surface area (Å²) >= 11 is 2.80. The summed E-state index contributed by atoms with van der Waals surface area (Å²) in [5.74, 6) is 0.271. The van der Waals surface area contributed by atoms with Crippen LogP contribution in [0.15, 0.2) is 29.1 Å². The predicted octanol–water partition coefficient (Wildman–Crippen LogP) is 1.61. The van der Waals surface area contributed by atoms with E-state index in [1.165, 1.54) is 23.1 Å². The number of nitrogens with zero attached hydrogens (tertiary/aromatic N) is 3. The summed E-state index contributed by atoms with van der Waals surface area (Å²) in [7, 11) is 1.90. The Morgan fingerprint density at radius 2 is 2.44 bits per heavy atom. The average Bonchev–Trinajstić information content (AvgIpc) is 2.87. The SMILES string of the molecule is Cn1ccnc1SCC(=O)Nc1nccs1. The van der Waals surface area contributed by atoms with Gasteiger partial charge in [-0.1, -0.05) is 11.8 Å². The van der Waals surface area contributed by atoms with Gasteiger partial charge in [-0.05, 0) is 0 Å². The number of thioether (sulfide) groups is 1. The molecule has 2 aromatic rings. The van der Waals surface area contributed by atoms with Crippen LogP contribution in [-0.4, -0.2) is 26.2 Å². The first-order valence-electron chi connectivity index (χ1n) is 4.55. The Balaban J connectivity index is 1.82. The highest BCUT2D eigenvalue weighted by Gasteiger charge is 2.07. The molecular weight excluding hydrogens is 244 g/mol. The third-order valence-electron chi connectivity index (χ3n) is 1.79. The number of carbonyl (C=O) groups excluding carboxylic acids is 1. The molecule has 84 valence electrons. The summed E-state index contributed by atoms with van der Waals surface area (Å²) in [6.07, 6.45) is 5.22. The zero-order chi connectivity index (χ0) is 11.4. The molecule has 2 aromatic heterocycles. The van der Waals surface area contributed by atoms with Crippen LogP contribution in [0.5, 0.6) is 0 Å². The molecule has 2 rings (SSSR count). The van der Waals surface area contributed by atoms with Crippen molar-refractivity contribution in [1.82, 2.24) is 14.5 Å². The van der Waals surface area contributed by atoms with Gasteiger partial charge >= 0.3 is 0 Å². The molecule has 0 aromatic carbocycles. The maximum atomic E-state index is 11.5. The standard InChI is InChI=1S/C9H10N4OS2/c1-13-4-2-11-9(13)16-6-7(14)12-8-10-3-5-15-8/h2-5H,6H2,1H3,(H,10,12,14). The van der Waals surface area contributed by atoms with Crippen LogP contribution in [0.4, 0.5) is 5.13 Å². The molecule has 1 N–H and O–H groups in total. The van der Waals surface area contributed by atoms with Gasteiger partial charge in [0, 0.05) is 31.0 Å². The second-order valence-corrected chi connectivity index (χ2v) is 4.83. The fourth-order valence-corrected chi connectivity index (χ4v) is 2.34. The first-order valence-corrected chi connectivity index (χ1v) is 6.41. The second-order valence-electron chi connectivity index (χ2n) is 2.99.